The van der Waals surface area contributed by atoms with Gasteiger partial charge in [-0.3, -0.25) is 9.59 Å². The molecule has 0 saturated heterocycles. The van der Waals surface area contributed by atoms with Crippen molar-refractivity contribution in [2.75, 3.05) is 0 Å². The van der Waals surface area contributed by atoms with E-state index < -0.39 is 35.3 Å². The number of carbonyl (C=O) groups is 3. The molecule has 0 aliphatic heterocycles. The number of nitrogens with two attached hydrogens (primary N) is 1. The van der Waals surface area contributed by atoms with Crippen molar-refractivity contribution in [3.8, 4) is 0 Å². The molecule has 0 aliphatic rings. The van der Waals surface area contributed by atoms with Crippen LogP contribution in [0.2, 0.25) is 0 Å². The van der Waals surface area contributed by atoms with Crippen molar-refractivity contribution in [3.63, 3.8) is 0 Å². The van der Waals surface area contributed by atoms with Crippen LogP contribution in [0.4, 0.5) is 0 Å². The fourth-order valence-corrected chi connectivity index (χ4v) is 1.46. The first kappa shape index (κ1) is 14.4. The van der Waals surface area contributed by atoms with E-state index in [1.807, 2.05) is 0 Å². The molecular weight excluding hydrogens is 218 g/mol. The average molecular weight is 233 g/mol. The van der Waals surface area contributed by atoms with Gasteiger partial charge in [0.15, 0.2) is 0 Å². The molecular formula is C9H15NO6. The molecule has 16 heavy (non-hydrogen) atoms. The fraction of sp³-hybridized carbons (Fsp3) is 0.667. The van der Waals surface area contributed by atoms with Gasteiger partial charge in [-0.1, -0.05) is 20.3 Å². The molecule has 0 aromatic carbocycles. The summed E-state index contributed by atoms with van der Waals surface area (Å²) < 4.78 is 0. The summed E-state index contributed by atoms with van der Waals surface area (Å²) in [4.78, 5) is 32.7. The predicted octanol–water partition coefficient (Wildman–Crippen LogP) is -0.966. The number of carboxylic acid groups (broad SMARTS) is 2. The Morgan fingerprint density at radius 2 is 1.75 bits per heavy atom. The van der Waals surface area contributed by atoms with Crippen LogP contribution in [0, 0.1) is 11.8 Å². The summed E-state index contributed by atoms with van der Waals surface area (Å²) in [6.45, 7) is 3.04. The van der Waals surface area contributed by atoms with Crippen molar-refractivity contribution >= 4 is 17.8 Å². The van der Waals surface area contributed by atoms with Gasteiger partial charge in [0.1, 0.15) is 5.92 Å². The second kappa shape index (κ2) is 4.93. The molecule has 0 spiro atoms. The first-order valence-corrected chi connectivity index (χ1v) is 4.68. The Morgan fingerprint density at radius 3 is 1.94 bits per heavy atom. The van der Waals surface area contributed by atoms with Crippen molar-refractivity contribution in [3.05, 3.63) is 0 Å². The van der Waals surface area contributed by atoms with Crippen molar-refractivity contribution in [1.29, 1.82) is 0 Å². The van der Waals surface area contributed by atoms with Crippen LogP contribution in [0.25, 0.3) is 0 Å². The molecule has 1 amide bonds. The van der Waals surface area contributed by atoms with Crippen LogP contribution in [0.1, 0.15) is 20.3 Å². The van der Waals surface area contributed by atoms with E-state index >= 15 is 0 Å². The van der Waals surface area contributed by atoms with Gasteiger partial charge < -0.3 is 21.1 Å². The van der Waals surface area contributed by atoms with E-state index in [1.165, 1.54) is 6.92 Å². The smallest absolute Gasteiger partial charge is 0.346 e. The third-order valence-corrected chi connectivity index (χ3v) is 2.63. The third-order valence-electron chi connectivity index (χ3n) is 2.63. The van der Waals surface area contributed by atoms with Crippen molar-refractivity contribution in [2.45, 2.75) is 25.9 Å². The summed E-state index contributed by atoms with van der Waals surface area (Å²) in [7, 11) is 0. The van der Waals surface area contributed by atoms with E-state index in [0.29, 0.717) is 6.42 Å². The number of aliphatic carboxylic acids is 2. The molecule has 0 aromatic rings. The summed E-state index contributed by atoms with van der Waals surface area (Å²) in [5.41, 5.74) is 1.69. The second-order valence-electron chi connectivity index (χ2n) is 3.64. The van der Waals surface area contributed by atoms with E-state index in [-0.39, 0.29) is 0 Å². The maximum absolute atomic E-state index is 11.0. The predicted molar refractivity (Wildman–Crippen MR) is 52.4 cm³/mol. The highest BCUT2D eigenvalue weighted by atomic mass is 16.4. The quantitative estimate of drug-likeness (QED) is 0.435. The molecule has 3 atom stereocenters. The highest BCUT2D eigenvalue weighted by Crippen LogP contribution is 2.28. The molecule has 0 saturated carbocycles. The summed E-state index contributed by atoms with van der Waals surface area (Å²) in [6, 6.07) is 0. The molecule has 5 N–H and O–H groups in total. The lowest BCUT2D eigenvalue weighted by Crippen LogP contribution is -2.60. The van der Waals surface area contributed by atoms with Crippen molar-refractivity contribution < 1.29 is 29.7 Å². The minimum Gasteiger partial charge on any atom is -0.481 e. The molecule has 7 heteroatoms. The number of amides is 1. The summed E-state index contributed by atoms with van der Waals surface area (Å²) in [6.07, 6.45) is 0.292. The standard InChI is InChI=1S/C9H15NO6/c1-3-4(2)5(6(11)12)9(16,7(10)13)8(14)15/h4-5,16H,3H2,1-2H3,(H2,10,13)(H,11,12)(H,14,15). The maximum atomic E-state index is 11.0. The van der Waals surface area contributed by atoms with Gasteiger partial charge in [0, 0.05) is 0 Å². The molecule has 0 radical (unpaired) electrons. The summed E-state index contributed by atoms with van der Waals surface area (Å²) in [5, 5.41) is 27.3. The molecule has 0 rings (SSSR count). The molecule has 0 bridgehead atoms. The normalized spacial score (nSPS) is 18.2. The van der Waals surface area contributed by atoms with Crippen LogP contribution in [0.5, 0.6) is 0 Å². The Morgan fingerprint density at radius 1 is 1.31 bits per heavy atom. The number of hydrogen-bond acceptors (Lipinski definition) is 4. The van der Waals surface area contributed by atoms with Crippen LogP contribution >= 0.6 is 0 Å². The van der Waals surface area contributed by atoms with Gasteiger partial charge in [0.2, 0.25) is 0 Å². The lowest BCUT2D eigenvalue weighted by atomic mass is 9.77. The molecule has 92 valence electrons. The van der Waals surface area contributed by atoms with E-state index in [4.69, 9.17) is 15.9 Å². The Labute approximate surface area is 91.9 Å². The van der Waals surface area contributed by atoms with Gasteiger partial charge in [0.25, 0.3) is 11.5 Å². The molecule has 0 heterocycles. The first-order valence-electron chi connectivity index (χ1n) is 4.68. The summed E-state index contributed by atoms with van der Waals surface area (Å²) >= 11 is 0. The molecule has 3 unspecified atom stereocenters. The fourth-order valence-electron chi connectivity index (χ4n) is 1.46. The summed E-state index contributed by atoms with van der Waals surface area (Å²) in [5.74, 6) is -7.57. The third kappa shape index (κ3) is 2.30. The highest BCUT2D eigenvalue weighted by Gasteiger charge is 2.55. The zero-order valence-corrected chi connectivity index (χ0v) is 9.01. The SMILES string of the molecule is CCC(C)C(C(=O)O)C(O)(C(N)=O)C(=O)O. The van der Waals surface area contributed by atoms with Gasteiger partial charge >= 0.3 is 11.9 Å². The molecule has 7 nitrogen and oxygen atoms in total. The number of hydrogen-bond donors (Lipinski definition) is 4. The van der Waals surface area contributed by atoms with E-state index in [0.717, 1.165) is 0 Å². The lowest BCUT2D eigenvalue weighted by molar-refractivity contribution is -0.182. The zero-order valence-electron chi connectivity index (χ0n) is 9.01. The van der Waals surface area contributed by atoms with Crippen molar-refractivity contribution in [1.82, 2.24) is 0 Å². The van der Waals surface area contributed by atoms with Crippen LogP contribution < -0.4 is 5.73 Å². The molecule has 0 fully saturated rings. The van der Waals surface area contributed by atoms with Crippen LogP contribution in [0.15, 0.2) is 0 Å². The Bertz CT molecular complexity index is 299. The monoisotopic (exact) mass is 233 g/mol. The van der Waals surface area contributed by atoms with Gasteiger partial charge in [-0.25, -0.2) is 4.79 Å². The Kier molecular flexibility index (Phi) is 4.43. The van der Waals surface area contributed by atoms with Gasteiger partial charge in [-0.15, -0.1) is 0 Å². The van der Waals surface area contributed by atoms with Gasteiger partial charge in [-0.05, 0) is 5.92 Å². The lowest BCUT2D eigenvalue weighted by Gasteiger charge is -2.30. The minimum atomic E-state index is -3.08. The zero-order chi connectivity index (χ0) is 13.1. The van der Waals surface area contributed by atoms with E-state index in [1.54, 1.807) is 6.92 Å². The largest absolute Gasteiger partial charge is 0.481 e. The average Bonchev–Trinajstić information content (AvgIpc) is 2.16. The second-order valence-corrected chi connectivity index (χ2v) is 3.64. The first-order chi connectivity index (χ1) is 7.19. The number of carbonyl (C=O) groups excluding carboxylic acids is 1. The number of aliphatic hydroxyl groups is 1. The van der Waals surface area contributed by atoms with E-state index in [2.05, 4.69) is 0 Å². The Hall–Kier alpha value is -1.63. The maximum Gasteiger partial charge on any atom is 0.346 e. The van der Waals surface area contributed by atoms with E-state index in [9.17, 15) is 19.5 Å². The van der Waals surface area contributed by atoms with Gasteiger partial charge in [-0.2, -0.15) is 0 Å². The molecule has 0 aliphatic carbocycles. The number of carboxylic acids is 2. The minimum absolute atomic E-state index is 0.292. The molecule has 0 aromatic heterocycles. The van der Waals surface area contributed by atoms with Crippen LogP contribution in [0.3, 0.4) is 0 Å². The van der Waals surface area contributed by atoms with Crippen LogP contribution in [-0.4, -0.2) is 38.8 Å². The van der Waals surface area contributed by atoms with Crippen molar-refractivity contribution in [2.24, 2.45) is 17.6 Å². The number of rotatable bonds is 6. The topological polar surface area (TPSA) is 138 Å². The number of primary amides is 1. The van der Waals surface area contributed by atoms with Gasteiger partial charge in [0.05, 0.1) is 0 Å². The highest BCUT2D eigenvalue weighted by molar-refractivity contribution is 6.07. The Balaban J connectivity index is 5.54. The van der Waals surface area contributed by atoms with Crippen LogP contribution in [-0.2, 0) is 14.4 Å².